The van der Waals surface area contributed by atoms with Gasteiger partial charge in [0.05, 0.1) is 18.8 Å². The minimum Gasteiger partial charge on any atom is -0.467 e. The minimum absolute atomic E-state index is 0.0548. The molecule has 118 valence electrons. The number of urea groups is 1. The highest BCUT2D eigenvalue weighted by Gasteiger charge is 2.34. The Kier molecular flexibility index (Phi) is 4.02. The van der Waals surface area contributed by atoms with E-state index in [1.807, 2.05) is 30.3 Å². The number of nitrogens with zero attached hydrogens (tertiary/aromatic N) is 1. The molecule has 0 saturated heterocycles. The number of carbonyl (C=O) groups excluding carboxylic acids is 2. The highest BCUT2D eigenvalue weighted by Crippen LogP contribution is 2.31. The third kappa shape index (κ3) is 2.90. The van der Waals surface area contributed by atoms with Gasteiger partial charge >= 0.3 is 6.03 Å². The van der Waals surface area contributed by atoms with Gasteiger partial charge in [-0.2, -0.15) is 0 Å². The van der Waals surface area contributed by atoms with Gasteiger partial charge in [-0.25, -0.2) is 4.79 Å². The molecule has 1 aliphatic rings. The van der Waals surface area contributed by atoms with Gasteiger partial charge in [0, 0.05) is 11.3 Å². The molecule has 5 nitrogen and oxygen atoms in total. The number of benzene rings is 1. The quantitative estimate of drug-likeness (QED) is 0.941. The van der Waals surface area contributed by atoms with Crippen molar-refractivity contribution < 1.29 is 14.0 Å². The summed E-state index contributed by atoms with van der Waals surface area (Å²) in [6.45, 7) is 3.62. The molecular weight excluding hydrogens is 292 g/mol. The molecule has 2 heterocycles. The first kappa shape index (κ1) is 15.1. The highest BCUT2D eigenvalue weighted by molar-refractivity contribution is 5.98. The number of nitrogens with one attached hydrogen (secondary N) is 1. The third-order valence-electron chi connectivity index (χ3n) is 4.00. The van der Waals surface area contributed by atoms with E-state index in [-0.39, 0.29) is 11.8 Å². The van der Waals surface area contributed by atoms with Gasteiger partial charge in [-0.05, 0) is 31.5 Å². The van der Waals surface area contributed by atoms with Crippen molar-refractivity contribution in [3.8, 4) is 0 Å². The SMILES string of the molecule is CC(=O)C1=C(C)N(Cc2ccco2)C(=O)N[C@@H]1c1ccccc1. The number of ketones is 1. The van der Waals surface area contributed by atoms with Gasteiger partial charge in [0.2, 0.25) is 0 Å². The fraction of sp³-hybridized carbons (Fsp3) is 0.222. The lowest BCUT2D eigenvalue weighted by Crippen LogP contribution is -2.47. The van der Waals surface area contributed by atoms with E-state index in [4.69, 9.17) is 4.42 Å². The van der Waals surface area contributed by atoms with Crippen molar-refractivity contribution in [2.75, 3.05) is 0 Å². The lowest BCUT2D eigenvalue weighted by atomic mass is 9.92. The molecule has 1 aromatic carbocycles. The van der Waals surface area contributed by atoms with Crippen molar-refractivity contribution >= 4 is 11.8 Å². The van der Waals surface area contributed by atoms with Crippen LogP contribution in [0.1, 0.15) is 31.2 Å². The topological polar surface area (TPSA) is 62.6 Å². The standard InChI is InChI=1S/C18H18N2O3/c1-12-16(13(2)21)17(14-7-4-3-5-8-14)19-18(22)20(12)11-15-9-6-10-23-15/h3-10,17H,11H2,1-2H3,(H,19,22)/t17-/m1/s1. The lowest BCUT2D eigenvalue weighted by Gasteiger charge is -2.35. The molecule has 0 spiro atoms. The van der Waals surface area contributed by atoms with Gasteiger partial charge in [-0.3, -0.25) is 9.69 Å². The van der Waals surface area contributed by atoms with Crippen LogP contribution in [0, 0.1) is 0 Å². The van der Waals surface area contributed by atoms with Crippen LogP contribution in [0.15, 0.2) is 64.4 Å². The average molecular weight is 310 g/mol. The van der Waals surface area contributed by atoms with E-state index in [0.29, 0.717) is 23.6 Å². The third-order valence-corrected chi connectivity index (χ3v) is 4.00. The largest absolute Gasteiger partial charge is 0.467 e. The smallest absolute Gasteiger partial charge is 0.322 e. The molecule has 3 rings (SSSR count). The first-order chi connectivity index (χ1) is 11.1. The molecule has 1 atom stereocenters. The van der Waals surface area contributed by atoms with Crippen LogP contribution in [0.25, 0.3) is 0 Å². The highest BCUT2D eigenvalue weighted by atomic mass is 16.3. The molecule has 0 unspecified atom stereocenters. The number of carbonyl (C=O) groups is 2. The molecule has 2 aromatic rings. The van der Waals surface area contributed by atoms with Crippen LogP contribution in [0.3, 0.4) is 0 Å². The van der Waals surface area contributed by atoms with Crippen molar-refractivity contribution in [3.63, 3.8) is 0 Å². The zero-order valence-electron chi connectivity index (χ0n) is 13.1. The normalized spacial score (nSPS) is 18.1. The van der Waals surface area contributed by atoms with Crippen LogP contribution < -0.4 is 5.32 Å². The summed E-state index contributed by atoms with van der Waals surface area (Å²) in [6, 6.07) is 12.4. The second-order valence-corrected chi connectivity index (χ2v) is 5.51. The van der Waals surface area contributed by atoms with Crippen LogP contribution in [0.4, 0.5) is 4.79 Å². The Morgan fingerprint density at radius 1 is 1.22 bits per heavy atom. The Hall–Kier alpha value is -2.82. The van der Waals surface area contributed by atoms with Gasteiger partial charge in [-0.1, -0.05) is 30.3 Å². The van der Waals surface area contributed by atoms with Crippen molar-refractivity contribution in [2.45, 2.75) is 26.4 Å². The molecule has 23 heavy (non-hydrogen) atoms. The second-order valence-electron chi connectivity index (χ2n) is 5.51. The average Bonchev–Trinajstić information content (AvgIpc) is 3.04. The summed E-state index contributed by atoms with van der Waals surface area (Å²) >= 11 is 0. The Balaban J connectivity index is 2.01. The number of Topliss-reactive ketones (excluding diaryl/α,β-unsaturated/α-hetero) is 1. The van der Waals surface area contributed by atoms with E-state index in [0.717, 1.165) is 5.56 Å². The van der Waals surface area contributed by atoms with E-state index >= 15 is 0 Å². The van der Waals surface area contributed by atoms with Crippen LogP contribution in [0.2, 0.25) is 0 Å². The van der Waals surface area contributed by atoms with E-state index in [1.165, 1.54) is 11.8 Å². The summed E-state index contributed by atoms with van der Waals surface area (Å²) in [5.74, 6) is 0.612. The molecule has 2 amide bonds. The molecule has 0 aliphatic carbocycles. The minimum atomic E-state index is -0.422. The number of allylic oxidation sites excluding steroid dienone is 1. The summed E-state index contributed by atoms with van der Waals surface area (Å²) < 4.78 is 5.31. The summed E-state index contributed by atoms with van der Waals surface area (Å²) in [5, 5.41) is 2.92. The molecule has 0 saturated carbocycles. The van der Waals surface area contributed by atoms with Crippen molar-refractivity contribution in [1.82, 2.24) is 10.2 Å². The number of furan rings is 1. The lowest BCUT2D eigenvalue weighted by molar-refractivity contribution is -0.114. The summed E-state index contributed by atoms with van der Waals surface area (Å²) in [5.41, 5.74) is 2.15. The van der Waals surface area contributed by atoms with Gasteiger partial charge in [0.25, 0.3) is 0 Å². The monoisotopic (exact) mass is 310 g/mol. The summed E-state index contributed by atoms with van der Waals surface area (Å²) in [4.78, 5) is 26.2. The molecule has 0 bridgehead atoms. The van der Waals surface area contributed by atoms with Crippen molar-refractivity contribution in [3.05, 3.63) is 71.3 Å². The Morgan fingerprint density at radius 3 is 2.57 bits per heavy atom. The zero-order chi connectivity index (χ0) is 16.4. The first-order valence-electron chi connectivity index (χ1n) is 7.45. The van der Waals surface area contributed by atoms with Gasteiger partial charge in [-0.15, -0.1) is 0 Å². The Bertz CT molecular complexity index is 748. The van der Waals surface area contributed by atoms with E-state index in [9.17, 15) is 9.59 Å². The van der Waals surface area contributed by atoms with Gasteiger partial charge < -0.3 is 9.73 Å². The fourth-order valence-corrected chi connectivity index (χ4v) is 2.88. The van der Waals surface area contributed by atoms with E-state index in [2.05, 4.69) is 5.32 Å². The number of hydrogen-bond donors (Lipinski definition) is 1. The van der Waals surface area contributed by atoms with Crippen LogP contribution in [-0.4, -0.2) is 16.7 Å². The Morgan fingerprint density at radius 2 is 1.96 bits per heavy atom. The van der Waals surface area contributed by atoms with Crippen molar-refractivity contribution in [2.24, 2.45) is 0 Å². The summed E-state index contributed by atoms with van der Waals surface area (Å²) in [7, 11) is 0. The zero-order valence-corrected chi connectivity index (χ0v) is 13.1. The fourth-order valence-electron chi connectivity index (χ4n) is 2.88. The van der Waals surface area contributed by atoms with Gasteiger partial charge in [0.15, 0.2) is 5.78 Å². The predicted molar refractivity (Wildman–Crippen MR) is 85.3 cm³/mol. The maximum Gasteiger partial charge on any atom is 0.322 e. The number of amides is 2. The first-order valence-corrected chi connectivity index (χ1v) is 7.45. The van der Waals surface area contributed by atoms with E-state index in [1.54, 1.807) is 25.3 Å². The van der Waals surface area contributed by atoms with Crippen LogP contribution >= 0.6 is 0 Å². The second kappa shape index (κ2) is 6.12. The molecular formula is C18H18N2O3. The Labute approximate surface area is 134 Å². The van der Waals surface area contributed by atoms with Crippen LogP contribution in [-0.2, 0) is 11.3 Å². The molecule has 5 heteroatoms. The molecule has 1 N–H and O–H groups in total. The molecule has 1 aliphatic heterocycles. The van der Waals surface area contributed by atoms with Crippen LogP contribution in [0.5, 0.6) is 0 Å². The van der Waals surface area contributed by atoms with E-state index < -0.39 is 6.04 Å². The predicted octanol–water partition coefficient (Wildman–Crippen LogP) is 3.41. The number of hydrogen-bond acceptors (Lipinski definition) is 3. The maximum atomic E-state index is 12.5. The molecule has 1 aromatic heterocycles. The van der Waals surface area contributed by atoms with Crippen molar-refractivity contribution in [1.29, 1.82) is 0 Å². The summed E-state index contributed by atoms with van der Waals surface area (Å²) in [6.07, 6.45) is 1.56. The maximum absolute atomic E-state index is 12.5. The molecule has 0 fully saturated rings. The molecule has 0 radical (unpaired) electrons. The van der Waals surface area contributed by atoms with Gasteiger partial charge in [0.1, 0.15) is 5.76 Å². The number of rotatable bonds is 4.